The van der Waals surface area contributed by atoms with Crippen LogP contribution in [0.4, 0.5) is 0 Å². The maximum atomic E-state index is 6.16. The molecule has 0 aromatic heterocycles. The number of ether oxygens (including phenoxy) is 3. The van der Waals surface area contributed by atoms with Gasteiger partial charge in [-0.3, -0.25) is 0 Å². The van der Waals surface area contributed by atoms with Crippen LogP contribution in [0.2, 0.25) is 5.02 Å². The zero-order chi connectivity index (χ0) is 19.0. The molecule has 7 heteroatoms. The van der Waals surface area contributed by atoms with Crippen molar-refractivity contribution in [2.24, 2.45) is 4.99 Å². The molecule has 6 nitrogen and oxygen atoms in total. The fourth-order valence-electron chi connectivity index (χ4n) is 2.13. The molecule has 0 aliphatic rings. The first-order valence-corrected chi connectivity index (χ1v) is 9.59. The molecular formula is C19H32ClN3O3. The summed E-state index contributed by atoms with van der Waals surface area (Å²) in [7, 11) is 1.67. The van der Waals surface area contributed by atoms with E-state index in [0.717, 1.165) is 31.9 Å². The van der Waals surface area contributed by atoms with Crippen molar-refractivity contribution < 1.29 is 14.2 Å². The number of guanidine groups is 1. The van der Waals surface area contributed by atoms with E-state index < -0.39 is 0 Å². The number of hydrogen-bond acceptors (Lipinski definition) is 4. The molecular weight excluding hydrogens is 354 g/mol. The SMILES string of the molecule is CCNC(=NCC(CC)Oc1ccccc1Cl)NCCCOCCOC. The fraction of sp³-hybridized carbons (Fsp3) is 0.632. The lowest BCUT2D eigenvalue weighted by Gasteiger charge is -2.18. The lowest BCUT2D eigenvalue weighted by molar-refractivity contribution is 0.0698. The second kappa shape index (κ2) is 14.6. The molecule has 0 spiro atoms. The van der Waals surface area contributed by atoms with E-state index >= 15 is 0 Å². The van der Waals surface area contributed by atoms with E-state index in [9.17, 15) is 0 Å². The molecule has 0 saturated carbocycles. The van der Waals surface area contributed by atoms with Gasteiger partial charge in [0.05, 0.1) is 24.8 Å². The minimum atomic E-state index is -0.0252. The molecule has 0 fully saturated rings. The smallest absolute Gasteiger partial charge is 0.191 e. The van der Waals surface area contributed by atoms with Crippen LogP contribution in [0.5, 0.6) is 5.75 Å². The van der Waals surface area contributed by atoms with Gasteiger partial charge in [-0.15, -0.1) is 0 Å². The van der Waals surface area contributed by atoms with Crippen molar-refractivity contribution in [1.29, 1.82) is 0 Å². The van der Waals surface area contributed by atoms with Crippen molar-refractivity contribution in [3.63, 3.8) is 0 Å². The maximum absolute atomic E-state index is 6.16. The van der Waals surface area contributed by atoms with E-state index in [0.29, 0.717) is 37.1 Å². The highest BCUT2D eigenvalue weighted by atomic mass is 35.5. The van der Waals surface area contributed by atoms with E-state index in [4.69, 9.17) is 25.8 Å². The summed E-state index contributed by atoms with van der Waals surface area (Å²) in [5, 5.41) is 7.18. The van der Waals surface area contributed by atoms with Crippen molar-refractivity contribution in [1.82, 2.24) is 10.6 Å². The first-order valence-electron chi connectivity index (χ1n) is 9.21. The molecule has 148 valence electrons. The summed E-state index contributed by atoms with van der Waals surface area (Å²) in [5.41, 5.74) is 0. The van der Waals surface area contributed by atoms with Crippen molar-refractivity contribution in [2.45, 2.75) is 32.8 Å². The minimum Gasteiger partial charge on any atom is -0.487 e. The van der Waals surface area contributed by atoms with Gasteiger partial charge >= 0.3 is 0 Å². The van der Waals surface area contributed by atoms with Gasteiger partial charge in [0, 0.05) is 26.8 Å². The highest BCUT2D eigenvalue weighted by Gasteiger charge is 2.10. The van der Waals surface area contributed by atoms with Crippen molar-refractivity contribution in [3.05, 3.63) is 29.3 Å². The Morgan fingerprint density at radius 2 is 1.96 bits per heavy atom. The molecule has 0 saturated heterocycles. The van der Waals surface area contributed by atoms with Gasteiger partial charge in [0.25, 0.3) is 0 Å². The standard InChI is InChI=1S/C19H32ClN3O3/c1-4-16(26-18-10-7-6-9-17(18)20)15-23-19(21-5-2)22-11-8-12-25-14-13-24-3/h6-7,9-10,16H,4-5,8,11-15H2,1-3H3,(H2,21,22,23). The number of hydrogen-bond donors (Lipinski definition) is 2. The summed E-state index contributed by atoms with van der Waals surface area (Å²) < 4.78 is 16.4. The first-order chi connectivity index (χ1) is 12.7. The number of nitrogens with zero attached hydrogens (tertiary/aromatic N) is 1. The monoisotopic (exact) mass is 385 g/mol. The lowest BCUT2D eigenvalue weighted by Crippen LogP contribution is -2.39. The normalized spacial score (nSPS) is 12.7. The second-order valence-corrected chi connectivity index (χ2v) is 6.09. The Balaban J connectivity index is 2.41. The van der Waals surface area contributed by atoms with Gasteiger partial charge in [-0.2, -0.15) is 0 Å². The number of halogens is 1. The van der Waals surface area contributed by atoms with Gasteiger partial charge in [-0.05, 0) is 31.9 Å². The Kier molecular flexibility index (Phi) is 12.7. The Labute approximate surface area is 162 Å². The number of nitrogens with one attached hydrogen (secondary N) is 2. The van der Waals surface area contributed by atoms with Crippen LogP contribution in [0.3, 0.4) is 0 Å². The van der Waals surface area contributed by atoms with Crippen LogP contribution in [0.1, 0.15) is 26.7 Å². The summed E-state index contributed by atoms with van der Waals surface area (Å²) in [6, 6.07) is 7.51. The van der Waals surface area contributed by atoms with Crippen LogP contribution in [0, 0.1) is 0 Å². The molecule has 26 heavy (non-hydrogen) atoms. The molecule has 0 heterocycles. The summed E-state index contributed by atoms with van der Waals surface area (Å²) in [4.78, 5) is 4.62. The van der Waals surface area contributed by atoms with Gasteiger partial charge in [0.15, 0.2) is 5.96 Å². The van der Waals surface area contributed by atoms with Crippen LogP contribution in [-0.2, 0) is 9.47 Å². The molecule has 0 amide bonds. The van der Waals surface area contributed by atoms with Crippen LogP contribution in [0.15, 0.2) is 29.3 Å². The molecule has 2 N–H and O–H groups in total. The summed E-state index contributed by atoms with van der Waals surface area (Å²) in [5.74, 6) is 1.48. The quantitative estimate of drug-likeness (QED) is 0.310. The van der Waals surface area contributed by atoms with Crippen molar-refractivity contribution in [2.75, 3.05) is 46.6 Å². The van der Waals surface area contributed by atoms with Crippen LogP contribution in [0.25, 0.3) is 0 Å². The van der Waals surface area contributed by atoms with Gasteiger partial charge in [0.2, 0.25) is 0 Å². The average Bonchev–Trinajstić information content (AvgIpc) is 2.65. The lowest BCUT2D eigenvalue weighted by atomic mass is 10.2. The number of benzene rings is 1. The van der Waals surface area contributed by atoms with Gasteiger partial charge in [-0.25, -0.2) is 4.99 Å². The van der Waals surface area contributed by atoms with Crippen LogP contribution >= 0.6 is 11.6 Å². The third-order valence-corrected chi connectivity index (χ3v) is 3.88. The molecule has 1 aromatic carbocycles. The predicted octanol–water partition coefficient (Wildman–Crippen LogP) is 3.11. The Morgan fingerprint density at radius 3 is 2.65 bits per heavy atom. The number of rotatable bonds is 13. The molecule has 0 aliphatic carbocycles. The van der Waals surface area contributed by atoms with E-state index in [-0.39, 0.29) is 6.10 Å². The van der Waals surface area contributed by atoms with Gasteiger partial charge < -0.3 is 24.8 Å². The minimum absolute atomic E-state index is 0.0252. The zero-order valence-corrected chi connectivity index (χ0v) is 16.8. The van der Waals surface area contributed by atoms with E-state index in [1.54, 1.807) is 7.11 Å². The molecule has 1 rings (SSSR count). The van der Waals surface area contributed by atoms with E-state index in [1.165, 1.54) is 0 Å². The average molecular weight is 386 g/mol. The maximum Gasteiger partial charge on any atom is 0.191 e. The molecule has 1 aromatic rings. The molecule has 1 atom stereocenters. The number of methoxy groups -OCH3 is 1. The Morgan fingerprint density at radius 1 is 1.15 bits per heavy atom. The summed E-state index contributed by atoms with van der Waals surface area (Å²) in [6.07, 6.45) is 1.73. The largest absolute Gasteiger partial charge is 0.487 e. The first kappa shape index (κ1) is 22.5. The highest BCUT2D eigenvalue weighted by Crippen LogP contribution is 2.24. The van der Waals surface area contributed by atoms with Crippen molar-refractivity contribution in [3.8, 4) is 5.75 Å². The van der Waals surface area contributed by atoms with E-state index in [1.807, 2.05) is 31.2 Å². The van der Waals surface area contributed by atoms with Crippen LogP contribution in [-0.4, -0.2) is 58.6 Å². The predicted molar refractivity (Wildman–Crippen MR) is 107 cm³/mol. The summed E-state index contributed by atoms with van der Waals surface area (Å²) >= 11 is 6.16. The van der Waals surface area contributed by atoms with E-state index in [2.05, 4.69) is 22.5 Å². The molecule has 0 radical (unpaired) electrons. The third kappa shape index (κ3) is 9.85. The number of para-hydroxylation sites is 1. The van der Waals surface area contributed by atoms with Gasteiger partial charge in [0.1, 0.15) is 11.9 Å². The van der Waals surface area contributed by atoms with Crippen molar-refractivity contribution >= 4 is 17.6 Å². The Bertz CT molecular complexity index is 515. The Hall–Kier alpha value is -1.50. The second-order valence-electron chi connectivity index (χ2n) is 5.68. The molecule has 0 bridgehead atoms. The topological polar surface area (TPSA) is 64.1 Å². The van der Waals surface area contributed by atoms with Crippen LogP contribution < -0.4 is 15.4 Å². The zero-order valence-electron chi connectivity index (χ0n) is 16.1. The highest BCUT2D eigenvalue weighted by molar-refractivity contribution is 6.32. The van der Waals surface area contributed by atoms with Gasteiger partial charge in [-0.1, -0.05) is 30.7 Å². The summed E-state index contributed by atoms with van der Waals surface area (Å²) in [6.45, 7) is 8.23. The molecule has 1 unspecified atom stereocenters. The fourth-order valence-corrected chi connectivity index (χ4v) is 2.31. The molecule has 0 aliphatic heterocycles. The third-order valence-electron chi connectivity index (χ3n) is 3.57. The number of aliphatic imine (C=N–C) groups is 1.